The number of nitro benzene ring substituents is 1. The Bertz CT molecular complexity index is 588. The van der Waals surface area contributed by atoms with Crippen molar-refractivity contribution in [3.8, 4) is 0 Å². The van der Waals surface area contributed by atoms with Gasteiger partial charge in [0, 0.05) is 18.1 Å². The van der Waals surface area contributed by atoms with Crippen LogP contribution in [0.15, 0.2) is 23.8 Å². The maximum absolute atomic E-state index is 11.6. The number of nitrogens with zero attached hydrogens (tertiary/aromatic N) is 1. The van der Waals surface area contributed by atoms with Gasteiger partial charge in [0.15, 0.2) is 0 Å². The number of hydrogen-bond donors (Lipinski definition) is 0. The summed E-state index contributed by atoms with van der Waals surface area (Å²) in [6.45, 7) is 2.24. The number of carbonyl (C=O) groups is 1. The molecule has 0 radical (unpaired) electrons. The van der Waals surface area contributed by atoms with Crippen molar-refractivity contribution < 1.29 is 14.5 Å². The molecule has 17 heavy (non-hydrogen) atoms. The van der Waals surface area contributed by atoms with Crippen molar-refractivity contribution in [3.05, 3.63) is 45.0 Å². The van der Waals surface area contributed by atoms with Crippen LogP contribution < -0.4 is 0 Å². The zero-order valence-electron chi connectivity index (χ0n) is 9.10. The van der Waals surface area contributed by atoms with Crippen molar-refractivity contribution in [1.82, 2.24) is 0 Å². The molecule has 86 valence electrons. The molecule has 0 spiro atoms. The lowest BCUT2D eigenvalue weighted by atomic mass is 9.98. The van der Waals surface area contributed by atoms with Crippen LogP contribution in [-0.2, 0) is 9.53 Å². The second kappa shape index (κ2) is 3.16. The highest BCUT2D eigenvalue weighted by atomic mass is 16.6. The van der Waals surface area contributed by atoms with E-state index in [1.165, 1.54) is 6.07 Å². The molecule has 2 aliphatic rings. The number of carbonyl (C=O) groups excluding carboxylic acids is 1. The first-order valence-corrected chi connectivity index (χ1v) is 5.28. The number of rotatable bonds is 1. The molecule has 0 saturated heterocycles. The van der Waals surface area contributed by atoms with Gasteiger partial charge >= 0.3 is 5.97 Å². The highest BCUT2D eigenvalue weighted by Gasteiger charge is 2.38. The summed E-state index contributed by atoms with van der Waals surface area (Å²) in [5.74, 6) is -0.300. The highest BCUT2D eigenvalue weighted by Crippen LogP contribution is 2.46. The third-order valence-electron chi connectivity index (χ3n) is 3.39. The van der Waals surface area contributed by atoms with Crippen LogP contribution in [0.4, 0.5) is 5.69 Å². The number of hydrogen-bond acceptors (Lipinski definition) is 4. The van der Waals surface area contributed by atoms with Crippen LogP contribution in [0, 0.1) is 10.1 Å². The van der Waals surface area contributed by atoms with Gasteiger partial charge in [0.2, 0.25) is 0 Å². The smallest absolute Gasteiger partial charge is 0.339 e. The molecule has 0 saturated carbocycles. The molecule has 1 aromatic rings. The SMILES string of the molecule is CC1C2=C(C(=O)OC2)c2ccc([N+](=O)[O-])cc21. The molecule has 0 bridgehead atoms. The van der Waals surface area contributed by atoms with Crippen molar-refractivity contribution >= 4 is 17.2 Å². The average Bonchev–Trinajstić information content (AvgIpc) is 2.80. The number of non-ortho nitro benzene ring substituents is 1. The molecule has 0 amide bonds. The van der Waals surface area contributed by atoms with Crippen LogP contribution >= 0.6 is 0 Å². The summed E-state index contributed by atoms with van der Waals surface area (Å²) in [5.41, 5.74) is 3.22. The second-order valence-electron chi connectivity index (χ2n) is 4.23. The van der Waals surface area contributed by atoms with Gasteiger partial charge in [-0.3, -0.25) is 10.1 Å². The Morgan fingerprint density at radius 1 is 1.47 bits per heavy atom. The fourth-order valence-corrected chi connectivity index (χ4v) is 2.48. The maximum Gasteiger partial charge on any atom is 0.339 e. The normalized spacial score (nSPS) is 21.2. The zero-order valence-corrected chi connectivity index (χ0v) is 9.10. The molecule has 1 aliphatic heterocycles. The first kappa shape index (κ1) is 10.0. The Morgan fingerprint density at radius 3 is 2.94 bits per heavy atom. The minimum Gasteiger partial charge on any atom is -0.457 e. The number of ether oxygens (including phenoxy) is 1. The highest BCUT2D eigenvalue weighted by molar-refractivity contribution is 6.21. The fourth-order valence-electron chi connectivity index (χ4n) is 2.48. The Morgan fingerprint density at radius 2 is 2.24 bits per heavy atom. The topological polar surface area (TPSA) is 69.4 Å². The van der Waals surface area contributed by atoms with Gasteiger partial charge in [0.1, 0.15) is 6.61 Å². The first-order valence-electron chi connectivity index (χ1n) is 5.28. The molecule has 1 atom stereocenters. The van der Waals surface area contributed by atoms with E-state index in [0.717, 1.165) is 16.7 Å². The zero-order chi connectivity index (χ0) is 12.2. The van der Waals surface area contributed by atoms with Gasteiger partial charge in [-0.2, -0.15) is 0 Å². The van der Waals surface area contributed by atoms with E-state index in [4.69, 9.17) is 4.74 Å². The summed E-state index contributed by atoms with van der Waals surface area (Å²) >= 11 is 0. The summed E-state index contributed by atoms with van der Waals surface area (Å²) in [4.78, 5) is 21.9. The largest absolute Gasteiger partial charge is 0.457 e. The quantitative estimate of drug-likeness (QED) is 0.421. The van der Waals surface area contributed by atoms with Gasteiger partial charge in [-0.05, 0) is 22.8 Å². The van der Waals surface area contributed by atoms with Crippen LogP contribution in [0.3, 0.4) is 0 Å². The minimum absolute atomic E-state index is 0.0198. The molecule has 0 N–H and O–H groups in total. The van der Waals surface area contributed by atoms with Gasteiger partial charge in [-0.1, -0.05) is 6.92 Å². The molecule has 0 fully saturated rings. The number of benzene rings is 1. The van der Waals surface area contributed by atoms with Crippen LogP contribution in [0.1, 0.15) is 24.0 Å². The van der Waals surface area contributed by atoms with Crippen LogP contribution in [0.2, 0.25) is 0 Å². The van der Waals surface area contributed by atoms with Gasteiger partial charge in [-0.15, -0.1) is 0 Å². The van der Waals surface area contributed by atoms with Crippen molar-refractivity contribution in [1.29, 1.82) is 0 Å². The van der Waals surface area contributed by atoms with Crippen LogP contribution in [0.5, 0.6) is 0 Å². The Balaban J connectivity index is 2.17. The van der Waals surface area contributed by atoms with Crippen molar-refractivity contribution in [2.24, 2.45) is 0 Å². The summed E-state index contributed by atoms with van der Waals surface area (Å²) < 4.78 is 4.98. The Kier molecular flexibility index (Phi) is 1.86. The van der Waals surface area contributed by atoms with E-state index in [2.05, 4.69) is 0 Å². The number of cyclic esters (lactones) is 1. The van der Waals surface area contributed by atoms with E-state index >= 15 is 0 Å². The van der Waals surface area contributed by atoms with Gasteiger partial charge in [-0.25, -0.2) is 4.79 Å². The lowest BCUT2D eigenvalue weighted by Gasteiger charge is -2.09. The summed E-state index contributed by atoms with van der Waals surface area (Å²) in [6.07, 6.45) is 0. The fraction of sp³-hybridized carbons (Fsp3) is 0.250. The monoisotopic (exact) mass is 231 g/mol. The van der Waals surface area contributed by atoms with Gasteiger partial charge in [0.25, 0.3) is 5.69 Å². The summed E-state index contributed by atoms with van der Waals surface area (Å²) in [7, 11) is 0. The third kappa shape index (κ3) is 1.22. The van der Waals surface area contributed by atoms with Crippen molar-refractivity contribution in [2.45, 2.75) is 12.8 Å². The average molecular weight is 231 g/mol. The summed E-state index contributed by atoms with van der Waals surface area (Å²) in [6, 6.07) is 4.61. The van der Waals surface area contributed by atoms with Crippen molar-refractivity contribution in [3.63, 3.8) is 0 Å². The van der Waals surface area contributed by atoms with Gasteiger partial charge < -0.3 is 4.74 Å². The molecule has 1 aliphatic carbocycles. The van der Waals surface area contributed by atoms with E-state index < -0.39 is 4.92 Å². The lowest BCUT2D eigenvalue weighted by molar-refractivity contribution is -0.384. The molecule has 5 nitrogen and oxygen atoms in total. The number of nitro groups is 1. The molecule has 3 rings (SSSR count). The van der Waals surface area contributed by atoms with E-state index in [-0.39, 0.29) is 17.6 Å². The Hall–Kier alpha value is -2.17. The van der Waals surface area contributed by atoms with Crippen LogP contribution in [0.25, 0.3) is 5.57 Å². The van der Waals surface area contributed by atoms with Crippen LogP contribution in [-0.4, -0.2) is 17.5 Å². The van der Waals surface area contributed by atoms with Gasteiger partial charge in [0.05, 0.1) is 10.5 Å². The van der Waals surface area contributed by atoms with E-state index in [9.17, 15) is 14.9 Å². The van der Waals surface area contributed by atoms with E-state index in [0.29, 0.717) is 12.2 Å². The van der Waals surface area contributed by atoms with Crippen molar-refractivity contribution in [2.75, 3.05) is 6.61 Å². The molecule has 0 aromatic heterocycles. The standard InChI is InChI=1S/C12H9NO4/c1-6-9-4-7(13(15)16)2-3-8(9)11-10(6)5-17-12(11)14/h2-4,6H,5H2,1H3. The molecule has 1 heterocycles. The number of esters is 1. The predicted molar refractivity (Wildman–Crippen MR) is 59.4 cm³/mol. The minimum atomic E-state index is -0.422. The molecule has 1 unspecified atom stereocenters. The first-order chi connectivity index (χ1) is 8.09. The molecule has 5 heteroatoms. The van der Waals surface area contributed by atoms with E-state index in [1.54, 1.807) is 12.1 Å². The Labute approximate surface area is 96.8 Å². The molecule has 1 aromatic carbocycles. The second-order valence-corrected chi connectivity index (χ2v) is 4.23. The lowest BCUT2D eigenvalue weighted by Crippen LogP contribution is -2.03. The van der Waals surface area contributed by atoms with E-state index in [1.807, 2.05) is 6.92 Å². The third-order valence-corrected chi connectivity index (χ3v) is 3.39. The molecular weight excluding hydrogens is 222 g/mol. The summed E-state index contributed by atoms with van der Waals surface area (Å²) in [5, 5.41) is 10.7. The number of fused-ring (bicyclic) bond motifs is 2. The predicted octanol–water partition coefficient (Wildman–Crippen LogP) is 2.02. The maximum atomic E-state index is 11.6. The molecular formula is C12H9NO4.